The summed E-state index contributed by atoms with van der Waals surface area (Å²) in [6, 6.07) is 27.0. The number of halogens is 1. The zero-order chi connectivity index (χ0) is 48.2. The number of para-hydroxylation sites is 3. The maximum atomic E-state index is 13.3. The third-order valence-electron chi connectivity index (χ3n) is 10.5. The van der Waals surface area contributed by atoms with Crippen molar-refractivity contribution in [2.24, 2.45) is 11.8 Å². The standard InChI is InChI=1S/C25H28N2O6.C23H23FN2O6S/c1-4-21(28)19(13-22(29)30)26-24(31)23(15(2)3)33-25(32)27-14-16-9-5-6-10-17(16)18-11-7-8-12-20(18)27;1-13(2)21(22(30)25-14(11-20(28)29)17(27)12-24)32-23(31)26-15-7-3-5-9-18(15)33-19-10-6-4-8-16(19)26/h5-12,15,19,23H,4,13-14H2,1-3H3,(H,26,31)(H,29,30);3-10,13-14,21H,11-12H2,1-2H3,(H,25,30)(H,28,29)/t19?,23-;14?,21-/m00/s1. The van der Waals surface area contributed by atoms with Gasteiger partial charge in [0.05, 0.1) is 42.5 Å². The number of alkyl halides is 1. The first-order chi connectivity index (χ1) is 31.4. The quantitative estimate of drug-likeness (QED) is 0.0845. The predicted octanol–water partition coefficient (Wildman–Crippen LogP) is 7.72. The van der Waals surface area contributed by atoms with Crippen molar-refractivity contribution in [1.82, 2.24) is 10.6 Å². The number of carboxylic acids is 2. The van der Waals surface area contributed by atoms with Gasteiger partial charge in [-0.1, -0.05) is 113 Å². The number of carbonyl (C=O) groups excluding carboxylic acids is 6. The Kier molecular flexibility index (Phi) is 17.2. The molecule has 2 heterocycles. The van der Waals surface area contributed by atoms with E-state index in [1.807, 2.05) is 72.8 Å². The van der Waals surface area contributed by atoms with Crippen molar-refractivity contribution in [3.63, 3.8) is 0 Å². The molecule has 0 saturated carbocycles. The van der Waals surface area contributed by atoms with E-state index >= 15 is 0 Å². The molecular formula is C48H51FN4O12S. The van der Waals surface area contributed by atoms with Gasteiger partial charge < -0.3 is 30.3 Å². The average molecular weight is 927 g/mol. The average Bonchev–Trinajstić information content (AvgIpc) is 3.29. The SMILES string of the molecule is CC(C)[C@H](OC(=O)N1c2ccccc2Sc2ccccc21)C(=O)NC(CC(=O)O)C(=O)CF.CCC(=O)C(CC(=O)O)NC(=O)[C@@H](OC(=O)N1Cc2ccccc2-c2ccccc21)C(C)C. The number of ether oxygens (including phenoxy) is 2. The summed E-state index contributed by atoms with van der Waals surface area (Å²) in [5.41, 5.74) is 4.72. The normalized spacial score (nSPS) is 14.0. The number of hydrogen-bond donors (Lipinski definition) is 4. The molecule has 0 fully saturated rings. The zero-order valence-electron chi connectivity index (χ0n) is 36.9. The molecule has 4 N–H and O–H groups in total. The second-order valence-corrected chi connectivity index (χ2v) is 17.1. The van der Waals surface area contributed by atoms with E-state index in [-0.39, 0.29) is 13.0 Å². The van der Waals surface area contributed by atoms with E-state index in [4.69, 9.17) is 19.7 Å². The number of hydrogen-bond acceptors (Lipinski definition) is 11. The van der Waals surface area contributed by atoms with Crippen molar-refractivity contribution >= 4 is 76.3 Å². The number of fused-ring (bicyclic) bond motifs is 5. The molecule has 0 aliphatic carbocycles. The number of nitrogens with one attached hydrogen (secondary N) is 2. The highest BCUT2D eigenvalue weighted by molar-refractivity contribution is 7.99. The van der Waals surface area contributed by atoms with Crippen LogP contribution in [0.5, 0.6) is 0 Å². The fourth-order valence-corrected chi connectivity index (χ4v) is 8.24. The minimum absolute atomic E-state index is 0.0777. The van der Waals surface area contributed by atoms with Crippen LogP contribution in [-0.2, 0) is 44.8 Å². The zero-order valence-corrected chi connectivity index (χ0v) is 37.7. The summed E-state index contributed by atoms with van der Waals surface area (Å²) in [6.07, 6.45) is -5.27. The Morgan fingerprint density at radius 1 is 0.621 bits per heavy atom. The van der Waals surface area contributed by atoms with E-state index in [0.29, 0.717) is 17.1 Å². The lowest BCUT2D eigenvalue weighted by molar-refractivity contribution is -0.142. The molecule has 66 heavy (non-hydrogen) atoms. The molecule has 4 atom stereocenters. The van der Waals surface area contributed by atoms with Crippen molar-refractivity contribution in [3.8, 4) is 11.1 Å². The molecule has 0 saturated heterocycles. The molecule has 4 aromatic carbocycles. The number of Topliss-reactive ketones (excluding diaryl/α,β-unsaturated/α-hetero) is 2. The lowest BCUT2D eigenvalue weighted by Crippen LogP contribution is -2.50. The highest BCUT2D eigenvalue weighted by Crippen LogP contribution is 2.48. The van der Waals surface area contributed by atoms with Crippen LogP contribution in [0.2, 0.25) is 0 Å². The Balaban J connectivity index is 0.000000247. The van der Waals surface area contributed by atoms with Crippen LogP contribution < -0.4 is 20.4 Å². The van der Waals surface area contributed by atoms with E-state index in [1.54, 1.807) is 58.9 Å². The summed E-state index contributed by atoms with van der Waals surface area (Å²) in [7, 11) is 0. The second kappa shape index (κ2) is 22.7. The largest absolute Gasteiger partial charge is 0.481 e. The van der Waals surface area contributed by atoms with Crippen LogP contribution in [0, 0.1) is 11.8 Å². The third kappa shape index (κ3) is 12.2. The van der Waals surface area contributed by atoms with Crippen molar-refractivity contribution in [2.45, 2.75) is 94.5 Å². The number of amides is 4. The lowest BCUT2D eigenvalue weighted by atomic mass is 9.94. The number of carbonyl (C=O) groups is 8. The molecule has 0 spiro atoms. The van der Waals surface area contributed by atoms with Gasteiger partial charge in [0, 0.05) is 21.8 Å². The third-order valence-corrected chi connectivity index (χ3v) is 11.6. The lowest BCUT2D eigenvalue weighted by Gasteiger charge is -2.32. The molecule has 4 aromatic rings. The van der Waals surface area contributed by atoms with Gasteiger partial charge in [-0.3, -0.25) is 33.7 Å². The maximum absolute atomic E-state index is 13.3. The Morgan fingerprint density at radius 3 is 1.55 bits per heavy atom. The highest BCUT2D eigenvalue weighted by Gasteiger charge is 2.37. The van der Waals surface area contributed by atoms with Crippen molar-refractivity contribution in [2.75, 3.05) is 16.5 Å². The van der Waals surface area contributed by atoms with Gasteiger partial charge in [0.1, 0.15) is 12.7 Å². The van der Waals surface area contributed by atoms with E-state index in [1.165, 1.54) is 21.6 Å². The molecule has 0 radical (unpaired) electrons. The second-order valence-electron chi connectivity index (χ2n) is 16.0. The Bertz CT molecular complexity index is 2440. The number of carboxylic acid groups (broad SMARTS) is 2. The van der Waals surface area contributed by atoms with Crippen molar-refractivity contribution in [3.05, 3.63) is 103 Å². The van der Waals surface area contributed by atoms with Gasteiger partial charge in [0.2, 0.25) is 0 Å². The van der Waals surface area contributed by atoms with Gasteiger partial charge in [0.15, 0.2) is 23.8 Å². The van der Waals surface area contributed by atoms with Gasteiger partial charge in [-0.25, -0.2) is 18.9 Å². The first-order valence-electron chi connectivity index (χ1n) is 21.1. The minimum atomic E-state index is -1.56. The molecule has 0 bridgehead atoms. The molecular weight excluding hydrogens is 876 g/mol. The van der Waals surface area contributed by atoms with Gasteiger partial charge >= 0.3 is 24.1 Å². The Morgan fingerprint density at radius 2 is 1.06 bits per heavy atom. The Hall–Kier alpha value is -7.08. The van der Waals surface area contributed by atoms with Gasteiger partial charge in [0.25, 0.3) is 11.8 Å². The molecule has 16 nitrogen and oxygen atoms in total. The van der Waals surface area contributed by atoms with E-state index in [2.05, 4.69) is 10.6 Å². The fourth-order valence-electron chi connectivity index (χ4n) is 7.18. The first kappa shape index (κ1) is 49.9. The van der Waals surface area contributed by atoms with Crippen LogP contribution in [0.25, 0.3) is 11.1 Å². The van der Waals surface area contributed by atoms with Crippen LogP contribution in [0.3, 0.4) is 0 Å². The fraction of sp³-hybridized carbons (Fsp3) is 0.333. The Labute approximate surface area is 384 Å². The first-order valence-corrected chi connectivity index (χ1v) is 21.9. The molecule has 4 amide bonds. The minimum Gasteiger partial charge on any atom is -0.481 e. The summed E-state index contributed by atoms with van der Waals surface area (Å²) in [5.74, 6) is -6.54. The van der Waals surface area contributed by atoms with Crippen LogP contribution in [0.15, 0.2) is 107 Å². The topological polar surface area (TPSA) is 226 Å². The molecule has 2 aliphatic rings. The summed E-state index contributed by atoms with van der Waals surface area (Å²) in [5, 5.41) is 22.7. The summed E-state index contributed by atoms with van der Waals surface area (Å²) < 4.78 is 24.0. The van der Waals surface area contributed by atoms with Crippen molar-refractivity contribution in [1.29, 1.82) is 0 Å². The monoisotopic (exact) mass is 926 g/mol. The molecule has 18 heteroatoms. The molecule has 348 valence electrons. The van der Waals surface area contributed by atoms with Gasteiger partial charge in [-0.05, 0) is 53.3 Å². The molecule has 2 unspecified atom stereocenters. The van der Waals surface area contributed by atoms with Crippen molar-refractivity contribution < 1.29 is 62.4 Å². The number of rotatable bonds is 16. The maximum Gasteiger partial charge on any atom is 0.419 e. The number of benzene rings is 4. The van der Waals surface area contributed by atoms with E-state index in [0.717, 1.165) is 26.5 Å². The smallest absolute Gasteiger partial charge is 0.419 e. The van der Waals surface area contributed by atoms with Crippen LogP contribution >= 0.6 is 11.8 Å². The summed E-state index contributed by atoms with van der Waals surface area (Å²) in [6.45, 7) is 7.14. The number of aliphatic carboxylic acids is 2. The van der Waals surface area contributed by atoms with Crippen LogP contribution in [0.1, 0.15) is 59.4 Å². The molecule has 0 aromatic heterocycles. The van der Waals surface area contributed by atoms with E-state index < -0.39 is 103 Å². The van der Waals surface area contributed by atoms with Gasteiger partial charge in [-0.15, -0.1) is 0 Å². The number of ketones is 2. The van der Waals surface area contributed by atoms with Crippen LogP contribution in [-0.4, -0.2) is 88.7 Å². The summed E-state index contributed by atoms with van der Waals surface area (Å²) in [4.78, 5) is 103. The highest BCUT2D eigenvalue weighted by atomic mass is 32.2. The summed E-state index contributed by atoms with van der Waals surface area (Å²) >= 11 is 1.50. The van der Waals surface area contributed by atoms with Crippen LogP contribution in [0.4, 0.5) is 31.0 Å². The molecule has 6 rings (SSSR count). The van der Waals surface area contributed by atoms with Gasteiger partial charge in [-0.2, -0.15) is 0 Å². The van der Waals surface area contributed by atoms with E-state index in [9.17, 15) is 42.7 Å². The number of nitrogens with zero attached hydrogens (tertiary/aromatic N) is 2. The predicted molar refractivity (Wildman–Crippen MR) is 242 cm³/mol. The molecule has 2 aliphatic heterocycles. The number of anilines is 3.